The minimum absolute atomic E-state index is 0.0162. The Balaban J connectivity index is 1.72. The normalized spacial score (nSPS) is 15.2. The average molecular weight is 339 g/mol. The van der Waals surface area contributed by atoms with E-state index in [1.165, 1.54) is 11.1 Å². The smallest absolute Gasteiger partial charge is 0.272 e. The van der Waals surface area contributed by atoms with Gasteiger partial charge in [0.05, 0.1) is 0 Å². The summed E-state index contributed by atoms with van der Waals surface area (Å²) >= 11 is 0. The Bertz CT molecular complexity index is 753. The first-order valence-electron chi connectivity index (χ1n) is 8.65. The molecule has 0 spiro atoms. The Labute approximate surface area is 148 Å². The van der Waals surface area contributed by atoms with Gasteiger partial charge in [-0.1, -0.05) is 24.3 Å². The maximum Gasteiger partial charge on any atom is 0.272 e. The zero-order valence-corrected chi connectivity index (χ0v) is 15.1. The Morgan fingerprint density at radius 2 is 1.84 bits per heavy atom. The highest BCUT2D eigenvalue weighted by atomic mass is 16.2. The largest absolute Gasteiger partial charge is 0.366 e. The van der Waals surface area contributed by atoms with Gasteiger partial charge in [0.2, 0.25) is 0 Å². The lowest BCUT2D eigenvalue weighted by Gasteiger charge is -2.32. The molecular weight excluding hydrogens is 314 g/mol. The summed E-state index contributed by atoms with van der Waals surface area (Å²) in [5.74, 6) is 1.28. The van der Waals surface area contributed by atoms with E-state index in [9.17, 15) is 4.79 Å². The number of hydrogen-bond acceptors (Lipinski definition) is 5. The van der Waals surface area contributed by atoms with E-state index in [1.807, 2.05) is 24.0 Å². The minimum atomic E-state index is -0.0162. The predicted molar refractivity (Wildman–Crippen MR) is 98.7 cm³/mol. The topological polar surface area (TPSA) is 61.4 Å². The van der Waals surface area contributed by atoms with E-state index in [0.717, 1.165) is 26.2 Å². The molecule has 1 aromatic heterocycles. The molecule has 1 amide bonds. The van der Waals surface area contributed by atoms with Gasteiger partial charge in [0.1, 0.15) is 17.3 Å². The zero-order chi connectivity index (χ0) is 17.8. The molecule has 0 aliphatic carbocycles. The average Bonchev–Trinajstić information content (AvgIpc) is 2.60. The predicted octanol–water partition coefficient (Wildman–Crippen LogP) is 2.09. The van der Waals surface area contributed by atoms with Crippen LogP contribution in [0.4, 0.5) is 5.82 Å². The van der Waals surface area contributed by atoms with Crippen molar-refractivity contribution < 1.29 is 4.79 Å². The third kappa shape index (κ3) is 4.33. The summed E-state index contributed by atoms with van der Waals surface area (Å²) in [4.78, 5) is 25.6. The summed E-state index contributed by atoms with van der Waals surface area (Å²) in [6, 6.07) is 9.99. The number of nitrogens with zero attached hydrogens (tertiary/aromatic N) is 4. The molecule has 1 fully saturated rings. The van der Waals surface area contributed by atoms with E-state index in [-0.39, 0.29) is 5.91 Å². The number of rotatable bonds is 4. The van der Waals surface area contributed by atoms with Gasteiger partial charge in [0, 0.05) is 38.8 Å². The molecule has 132 valence electrons. The molecule has 1 N–H and O–H groups in total. The third-order valence-corrected chi connectivity index (χ3v) is 4.57. The van der Waals surface area contributed by atoms with Crippen LogP contribution in [0.25, 0.3) is 0 Å². The molecule has 2 heterocycles. The molecular formula is C19H25N5O. The molecule has 0 unspecified atom stereocenters. The van der Waals surface area contributed by atoms with Gasteiger partial charge in [0.15, 0.2) is 0 Å². The quantitative estimate of drug-likeness (QED) is 0.924. The third-order valence-electron chi connectivity index (χ3n) is 4.57. The van der Waals surface area contributed by atoms with Crippen LogP contribution in [-0.4, -0.2) is 58.9 Å². The molecule has 0 radical (unpaired) electrons. The first-order valence-corrected chi connectivity index (χ1v) is 8.65. The van der Waals surface area contributed by atoms with Gasteiger partial charge in [-0.3, -0.25) is 4.79 Å². The number of benzene rings is 1. The van der Waals surface area contributed by atoms with Crippen molar-refractivity contribution >= 4 is 11.7 Å². The molecule has 3 rings (SSSR count). The van der Waals surface area contributed by atoms with Crippen LogP contribution in [0.3, 0.4) is 0 Å². The zero-order valence-electron chi connectivity index (χ0n) is 15.1. The summed E-state index contributed by atoms with van der Waals surface area (Å²) in [6.45, 7) is 7.85. The van der Waals surface area contributed by atoms with Crippen molar-refractivity contribution in [2.75, 3.05) is 38.5 Å². The van der Waals surface area contributed by atoms with Gasteiger partial charge < -0.3 is 15.1 Å². The molecule has 0 bridgehead atoms. The molecule has 6 nitrogen and oxygen atoms in total. The standard InChI is InChI=1S/C19H25N5O/c1-14-6-4-5-7-16(14)13-20-18-12-17(21-15(2)22-18)19(25)24-10-8-23(3)9-11-24/h4-7,12H,8-11,13H2,1-3H3,(H,20,21,22). The van der Waals surface area contributed by atoms with Gasteiger partial charge in [-0.2, -0.15) is 0 Å². The van der Waals surface area contributed by atoms with Crippen LogP contribution in [0.2, 0.25) is 0 Å². The molecule has 0 atom stereocenters. The van der Waals surface area contributed by atoms with Crippen molar-refractivity contribution in [3.63, 3.8) is 0 Å². The Kier molecular flexibility index (Phi) is 5.28. The highest BCUT2D eigenvalue weighted by molar-refractivity contribution is 5.93. The fraction of sp³-hybridized carbons (Fsp3) is 0.421. The van der Waals surface area contributed by atoms with Crippen molar-refractivity contribution in [3.8, 4) is 0 Å². The van der Waals surface area contributed by atoms with Crippen LogP contribution < -0.4 is 5.32 Å². The molecule has 1 aliphatic heterocycles. The van der Waals surface area contributed by atoms with Gasteiger partial charge in [0.25, 0.3) is 5.91 Å². The number of amides is 1. The van der Waals surface area contributed by atoms with Crippen LogP contribution in [0.1, 0.15) is 27.4 Å². The van der Waals surface area contributed by atoms with Crippen molar-refractivity contribution in [2.45, 2.75) is 20.4 Å². The Hall–Kier alpha value is -2.47. The first-order chi connectivity index (χ1) is 12.0. The van der Waals surface area contributed by atoms with Crippen molar-refractivity contribution in [2.24, 2.45) is 0 Å². The minimum Gasteiger partial charge on any atom is -0.366 e. The lowest BCUT2D eigenvalue weighted by molar-refractivity contribution is 0.0658. The number of hydrogen-bond donors (Lipinski definition) is 1. The molecule has 1 aliphatic rings. The first kappa shape index (κ1) is 17.4. The van der Waals surface area contributed by atoms with Crippen molar-refractivity contribution in [1.29, 1.82) is 0 Å². The van der Waals surface area contributed by atoms with Crippen LogP contribution in [-0.2, 0) is 6.54 Å². The van der Waals surface area contributed by atoms with Crippen LogP contribution >= 0.6 is 0 Å². The number of piperazine rings is 1. The van der Waals surface area contributed by atoms with Gasteiger partial charge in [-0.05, 0) is 32.0 Å². The number of anilines is 1. The number of nitrogens with one attached hydrogen (secondary N) is 1. The van der Waals surface area contributed by atoms with Crippen LogP contribution in [0, 0.1) is 13.8 Å². The second kappa shape index (κ2) is 7.61. The fourth-order valence-corrected chi connectivity index (χ4v) is 2.93. The second-order valence-corrected chi connectivity index (χ2v) is 6.56. The molecule has 1 aromatic carbocycles. The second-order valence-electron chi connectivity index (χ2n) is 6.56. The van der Waals surface area contributed by atoms with E-state index in [1.54, 1.807) is 6.07 Å². The van der Waals surface area contributed by atoms with Crippen LogP contribution in [0.5, 0.6) is 0 Å². The summed E-state index contributed by atoms with van der Waals surface area (Å²) in [5.41, 5.74) is 2.91. The highest BCUT2D eigenvalue weighted by Crippen LogP contribution is 2.14. The van der Waals surface area contributed by atoms with Crippen molar-refractivity contribution in [1.82, 2.24) is 19.8 Å². The fourth-order valence-electron chi connectivity index (χ4n) is 2.93. The number of carbonyl (C=O) groups excluding carboxylic acids is 1. The van der Waals surface area contributed by atoms with E-state index < -0.39 is 0 Å². The molecule has 2 aromatic rings. The van der Waals surface area contributed by atoms with Crippen LogP contribution in [0.15, 0.2) is 30.3 Å². The molecule has 25 heavy (non-hydrogen) atoms. The summed E-state index contributed by atoms with van der Waals surface area (Å²) in [5, 5.41) is 3.32. The van der Waals surface area contributed by atoms with Gasteiger partial charge in [-0.25, -0.2) is 9.97 Å². The number of aromatic nitrogens is 2. The van der Waals surface area contributed by atoms with Gasteiger partial charge in [-0.15, -0.1) is 0 Å². The molecule has 1 saturated heterocycles. The van der Waals surface area contributed by atoms with E-state index in [2.05, 4.69) is 46.3 Å². The highest BCUT2D eigenvalue weighted by Gasteiger charge is 2.22. The van der Waals surface area contributed by atoms with Gasteiger partial charge >= 0.3 is 0 Å². The number of carbonyl (C=O) groups is 1. The van der Waals surface area contributed by atoms with E-state index in [4.69, 9.17) is 0 Å². The number of aryl methyl sites for hydroxylation is 2. The van der Waals surface area contributed by atoms with E-state index in [0.29, 0.717) is 23.9 Å². The van der Waals surface area contributed by atoms with E-state index >= 15 is 0 Å². The maximum atomic E-state index is 12.7. The number of likely N-dealkylation sites (N-methyl/N-ethyl adjacent to an activating group) is 1. The Morgan fingerprint density at radius 3 is 2.56 bits per heavy atom. The Morgan fingerprint density at radius 1 is 1.12 bits per heavy atom. The monoisotopic (exact) mass is 339 g/mol. The summed E-state index contributed by atoms with van der Waals surface area (Å²) < 4.78 is 0. The summed E-state index contributed by atoms with van der Waals surface area (Å²) in [7, 11) is 2.07. The van der Waals surface area contributed by atoms with Crippen molar-refractivity contribution in [3.05, 3.63) is 53.0 Å². The maximum absolute atomic E-state index is 12.7. The lowest BCUT2D eigenvalue weighted by Crippen LogP contribution is -2.47. The molecule has 0 saturated carbocycles. The lowest BCUT2D eigenvalue weighted by atomic mass is 10.1. The SMILES string of the molecule is Cc1nc(NCc2ccccc2C)cc(C(=O)N2CCN(C)CC2)n1. The summed E-state index contributed by atoms with van der Waals surface area (Å²) in [6.07, 6.45) is 0. The molecule has 6 heteroatoms.